The molecule has 0 fully saturated rings. The number of anilines is 1. The molecule has 2 aromatic rings. The van der Waals surface area contributed by atoms with E-state index < -0.39 is 0 Å². The molecule has 1 aromatic heterocycles. The molecule has 0 radical (unpaired) electrons. The number of hydrogen-bond acceptors (Lipinski definition) is 4. The first-order valence-corrected chi connectivity index (χ1v) is 6.38. The lowest BCUT2D eigenvalue weighted by atomic mass is 10.2. The fourth-order valence-electron chi connectivity index (χ4n) is 1.83. The van der Waals surface area contributed by atoms with Crippen molar-refractivity contribution in [2.75, 3.05) is 18.4 Å². The molecule has 0 bridgehead atoms. The Labute approximate surface area is 111 Å². The number of fused-ring (bicyclic) bond motifs is 1. The van der Waals surface area contributed by atoms with E-state index in [9.17, 15) is 4.79 Å². The average molecular weight is 258 g/mol. The van der Waals surface area contributed by atoms with Crippen LogP contribution in [0.4, 0.5) is 5.95 Å². The molecular formula is C14H18N4O. The molecule has 0 aliphatic heterocycles. The lowest BCUT2D eigenvalue weighted by Crippen LogP contribution is -2.15. The summed E-state index contributed by atoms with van der Waals surface area (Å²) in [5.41, 5.74) is 0.600. The van der Waals surface area contributed by atoms with Crippen LogP contribution in [0, 0.1) is 0 Å². The first-order valence-electron chi connectivity index (χ1n) is 6.38. The standard InChI is InChI=1S/C14H18N4O/c1-2-15-9-5-6-10-16-14-17-12-8-4-3-7-11(12)13(19)18-14/h2-4,7-8,15H,1,5-6,9-10H2,(H2,16,17,18,19). The van der Waals surface area contributed by atoms with Crippen molar-refractivity contribution in [1.82, 2.24) is 15.3 Å². The van der Waals surface area contributed by atoms with Gasteiger partial charge in [-0.15, -0.1) is 0 Å². The molecule has 1 heterocycles. The molecule has 0 spiro atoms. The van der Waals surface area contributed by atoms with Crippen LogP contribution in [-0.2, 0) is 0 Å². The van der Waals surface area contributed by atoms with Gasteiger partial charge in [-0.05, 0) is 31.2 Å². The summed E-state index contributed by atoms with van der Waals surface area (Å²) in [7, 11) is 0. The molecule has 5 heteroatoms. The quantitative estimate of drug-likeness (QED) is 0.663. The van der Waals surface area contributed by atoms with Crippen LogP contribution in [0.1, 0.15) is 12.8 Å². The molecule has 0 unspecified atom stereocenters. The van der Waals surface area contributed by atoms with Crippen LogP contribution in [-0.4, -0.2) is 23.1 Å². The molecule has 0 saturated carbocycles. The Morgan fingerprint density at radius 3 is 2.89 bits per heavy atom. The summed E-state index contributed by atoms with van der Waals surface area (Å²) in [5, 5.41) is 6.79. The lowest BCUT2D eigenvalue weighted by Gasteiger charge is -2.06. The van der Waals surface area contributed by atoms with Gasteiger partial charge in [0.2, 0.25) is 5.95 Å². The molecule has 0 amide bonds. The molecule has 2 rings (SSSR count). The summed E-state index contributed by atoms with van der Waals surface area (Å²) in [6.45, 7) is 5.28. The van der Waals surface area contributed by atoms with E-state index in [1.54, 1.807) is 12.3 Å². The van der Waals surface area contributed by atoms with Gasteiger partial charge in [0.05, 0.1) is 10.9 Å². The van der Waals surface area contributed by atoms with E-state index in [0.717, 1.165) is 25.9 Å². The number of benzene rings is 1. The number of H-pyrrole nitrogens is 1. The Kier molecular flexibility index (Phi) is 4.55. The van der Waals surface area contributed by atoms with Crippen LogP contribution in [0.3, 0.4) is 0 Å². The highest BCUT2D eigenvalue weighted by Gasteiger charge is 2.01. The largest absolute Gasteiger partial charge is 0.391 e. The van der Waals surface area contributed by atoms with Crippen molar-refractivity contribution in [1.29, 1.82) is 0 Å². The third-order valence-corrected chi connectivity index (χ3v) is 2.80. The van der Waals surface area contributed by atoms with Crippen LogP contribution in [0.2, 0.25) is 0 Å². The normalized spacial score (nSPS) is 10.3. The maximum Gasteiger partial charge on any atom is 0.260 e. The first kappa shape index (κ1) is 13.1. The second-order valence-electron chi connectivity index (χ2n) is 4.22. The van der Waals surface area contributed by atoms with Crippen molar-refractivity contribution >= 4 is 16.9 Å². The van der Waals surface area contributed by atoms with Crippen molar-refractivity contribution in [2.45, 2.75) is 12.8 Å². The van der Waals surface area contributed by atoms with Gasteiger partial charge in [0.25, 0.3) is 5.56 Å². The molecule has 0 saturated heterocycles. The molecule has 0 aliphatic carbocycles. The van der Waals surface area contributed by atoms with E-state index in [1.165, 1.54) is 0 Å². The van der Waals surface area contributed by atoms with Crippen molar-refractivity contribution in [3.8, 4) is 0 Å². The van der Waals surface area contributed by atoms with Gasteiger partial charge in [-0.1, -0.05) is 18.7 Å². The number of unbranched alkanes of at least 4 members (excludes halogenated alkanes) is 1. The summed E-state index contributed by atoms with van der Waals surface area (Å²) >= 11 is 0. The molecule has 5 nitrogen and oxygen atoms in total. The monoisotopic (exact) mass is 258 g/mol. The predicted octanol–water partition coefficient (Wildman–Crippen LogP) is 1.85. The highest BCUT2D eigenvalue weighted by Crippen LogP contribution is 2.07. The van der Waals surface area contributed by atoms with Crippen molar-refractivity contribution in [3.63, 3.8) is 0 Å². The smallest absolute Gasteiger partial charge is 0.260 e. The highest BCUT2D eigenvalue weighted by molar-refractivity contribution is 5.78. The summed E-state index contributed by atoms with van der Waals surface area (Å²) < 4.78 is 0. The average Bonchev–Trinajstić information content (AvgIpc) is 2.43. The molecule has 100 valence electrons. The SMILES string of the molecule is C=CNCCCCNc1nc2ccccc2c(=O)[nH]1. The van der Waals surface area contributed by atoms with Gasteiger partial charge in [-0.25, -0.2) is 4.98 Å². The zero-order chi connectivity index (χ0) is 13.5. The molecular weight excluding hydrogens is 240 g/mol. The second-order valence-corrected chi connectivity index (χ2v) is 4.22. The van der Waals surface area contributed by atoms with Crippen LogP contribution in [0.5, 0.6) is 0 Å². The van der Waals surface area contributed by atoms with Gasteiger partial charge in [-0.2, -0.15) is 0 Å². The van der Waals surface area contributed by atoms with Crippen LogP contribution < -0.4 is 16.2 Å². The zero-order valence-electron chi connectivity index (χ0n) is 10.8. The number of aromatic nitrogens is 2. The summed E-state index contributed by atoms with van der Waals surface area (Å²) in [6.07, 6.45) is 3.73. The Morgan fingerprint density at radius 2 is 2.05 bits per heavy atom. The summed E-state index contributed by atoms with van der Waals surface area (Å²) in [4.78, 5) is 18.9. The maximum atomic E-state index is 11.8. The van der Waals surface area contributed by atoms with Crippen LogP contribution in [0.25, 0.3) is 10.9 Å². The van der Waals surface area contributed by atoms with Gasteiger partial charge in [0.1, 0.15) is 0 Å². The molecule has 19 heavy (non-hydrogen) atoms. The third-order valence-electron chi connectivity index (χ3n) is 2.80. The number of aromatic amines is 1. The van der Waals surface area contributed by atoms with Crippen molar-refractivity contribution in [3.05, 3.63) is 47.4 Å². The minimum Gasteiger partial charge on any atom is -0.391 e. The van der Waals surface area contributed by atoms with E-state index >= 15 is 0 Å². The topological polar surface area (TPSA) is 69.8 Å². The van der Waals surface area contributed by atoms with Gasteiger partial charge in [0, 0.05) is 13.1 Å². The van der Waals surface area contributed by atoms with E-state index in [2.05, 4.69) is 27.2 Å². The summed E-state index contributed by atoms with van der Waals surface area (Å²) in [6, 6.07) is 7.31. The first-order chi connectivity index (χ1) is 9.31. The molecule has 3 N–H and O–H groups in total. The fraction of sp³-hybridized carbons (Fsp3) is 0.286. The van der Waals surface area contributed by atoms with E-state index in [0.29, 0.717) is 16.9 Å². The van der Waals surface area contributed by atoms with Crippen molar-refractivity contribution < 1.29 is 0 Å². The number of nitrogens with one attached hydrogen (secondary N) is 3. The number of rotatable bonds is 7. The lowest BCUT2D eigenvalue weighted by molar-refractivity contribution is 0.714. The fourth-order valence-corrected chi connectivity index (χ4v) is 1.83. The van der Waals surface area contributed by atoms with E-state index in [4.69, 9.17) is 0 Å². The number of para-hydroxylation sites is 1. The Bertz CT molecular complexity index is 606. The third kappa shape index (κ3) is 3.58. The van der Waals surface area contributed by atoms with Gasteiger partial charge < -0.3 is 10.6 Å². The minimum absolute atomic E-state index is 0.110. The van der Waals surface area contributed by atoms with Gasteiger partial charge >= 0.3 is 0 Å². The predicted molar refractivity (Wildman–Crippen MR) is 78.3 cm³/mol. The van der Waals surface area contributed by atoms with Crippen molar-refractivity contribution in [2.24, 2.45) is 0 Å². The molecule has 1 aromatic carbocycles. The van der Waals surface area contributed by atoms with E-state index in [-0.39, 0.29) is 5.56 Å². The van der Waals surface area contributed by atoms with Gasteiger partial charge in [0.15, 0.2) is 0 Å². The van der Waals surface area contributed by atoms with Crippen LogP contribution in [0.15, 0.2) is 41.8 Å². The molecule has 0 atom stereocenters. The maximum absolute atomic E-state index is 11.8. The van der Waals surface area contributed by atoms with E-state index in [1.807, 2.05) is 18.2 Å². The second kappa shape index (κ2) is 6.58. The Morgan fingerprint density at radius 1 is 1.26 bits per heavy atom. The minimum atomic E-state index is -0.110. The number of hydrogen-bond donors (Lipinski definition) is 3. The zero-order valence-corrected chi connectivity index (χ0v) is 10.8. The Balaban J connectivity index is 1.94. The number of nitrogens with zero attached hydrogens (tertiary/aromatic N) is 1. The highest BCUT2D eigenvalue weighted by atomic mass is 16.1. The summed E-state index contributed by atoms with van der Waals surface area (Å²) in [5.74, 6) is 0.528. The molecule has 0 aliphatic rings. The van der Waals surface area contributed by atoms with Gasteiger partial charge in [-0.3, -0.25) is 9.78 Å². The van der Waals surface area contributed by atoms with Crippen LogP contribution >= 0.6 is 0 Å². The Hall–Kier alpha value is -2.30.